The molecular formula is C19H17ClN4O4S. The van der Waals surface area contributed by atoms with Crippen LogP contribution in [0.4, 0.5) is 5.69 Å². The van der Waals surface area contributed by atoms with Crippen molar-refractivity contribution in [3.63, 3.8) is 0 Å². The summed E-state index contributed by atoms with van der Waals surface area (Å²) in [5, 5.41) is 3.20. The Morgan fingerprint density at radius 3 is 2.83 bits per heavy atom. The zero-order valence-corrected chi connectivity index (χ0v) is 17.2. The molecule has 1 aliphatic rings. The number of amides is 1. The third-order valence-corrected chi connectivity index (χ3v) is 6.83. The highest BCUT2D eigenvalue weighted by molar-refractivity contribution is 7.89. The maximum Gasteiger partial charge on any atom is 0.311 e. The number of carbonyl (C=O) groups is 1. The molecule has 2 heterocycles. The molecule has 2 aromatic carbocycles. The van der Waals surface area contributed by atoms with Gasteiger partial charge in [-0.15, -0.1) is 0 Å². The van der Waals surface area contributed by atoms with Gasteiger partial charge < -0.3 is 9.73 Å². The topological polar surface area (TPSA) is 105 Å². The van der Waals surface area contributed by atoms with E-state index in [0.29, 0.717) is 27.4 Å². The lowest BCUT2D eigenvalue weighted by Crippen LogP contribution is -2.42. The van der Waals surface area contributed by atoms with E-state index < -0.39 is 21.5 Å². The molecule has 1 unspecified atom stereocenters. The van der Waals surface area contributed by atoms with Crippen molar-refractivity contribution in [2.24, 2.45) is 4.99 Å². The molecule has 29 heavy (non-hydrogen) atoms. The van der Waals surface area contributed by atoms with Gasteiger partial charge >= 0.3 is 5.91 Å². The Kier molecular flexibility index (Phi) is 4.59. The van der Waals surface area contributed by atoms with Crippen LogP contribution in [0, 0.1) is 0 Å². The predicted octanol–water partition coefficient (Wildman–Crippen LogP) is 3.25. The van der Waals surface area contributed by atoms with E-state index in [2.05, 4.69) is 15.3 Å². The Balaban J connectivity index is 1.60. The number of fused-ring (bicyclic) bond motifs is 1. The number of aliphatic imine (C=N–C) groups is 1. The molecule has 0 saturated carbocycles. The standard InChI is InChI=1S/C19H17ClN4O4S/c1-19(10-29(26,27)24(2)11-21-19)12-4-3-5-14(8-12)22-17(25)18-23-15-7-6-13(20)9-16(15)28-18/h3-9,11H,10H2,1-2H3,(H,22,25). The van der Waals surface area contributed by atoms with Crippen molar-refractivity contribution in [3.8, 4) is 0 Å². The predicted molar refractivity (Wildman–Crippen MR) is 111 cm³/mol. The van der Waals surface area contributed by atoms with Crippen molar-refractivity contribution in [2.45, 2.75) is 12.5 Å². The number of carbonyl (C=O) groups excluding carboxylic acids is 1. The molecule has 1 amide bonds. The smallest absolute Gasteiger partial charge is 0.311 e. The molecule has 1 aliphatic heterocycles. The highest BCUT2D eigenvalue weighted by Gasteiger charge is 2.37. The van der Waals surface area contributed by atoms with Crippen molar-refractivity contribution in [2.75, 3.05) is 18.1 Å². The summed E-state index contributed by atoms with van der Waals surface area (Å²) in [5.41, 5.74) is 1.11. The normalized spacial score (nSPS) is 20.7. The minimum atomic E-state index is -3.45. The van der Waals surface area contributed by atoms with Gasteiger partial charge in [0.25, 0.3) is 5.89 Å². The molecule has 0 radical (unpaired) electrons. The number of anilines is 1. The zero-order chi connectivity index (χ0) is 20.8. The molecule has 3 aromatic rings. The largest absolute Gasteiger partial charge is 0.432 e. The molecule has 0 saturated heterocycles. The van der Waals surface area contributed by atoms with Gasteiger partial charge in [0.05, 0.1) is 12.1 Å². The third kappa shape index (κ3) is 3.70. The van der Waals surface area contributed by atoms with Gasteiger partial charge in [0.15, 0.2) is 5.58 Å². The van der Waals surface area contributed by atoms with Gasteiger partial charge in [0, 0.05) is 23.8 Å². The molecule has 1 N–H and O–H groups in total. The summed E-state index contributed by atoms with van der Waals surface area (Å²) in [6.45, 7) is 1.74. The molecule has 150 valence electrons. The van der Waals surface area contributed by atoms with Crippen LogP contribution >= 0.6 is 11.6 Å². The van der Waals surface area contributed by atoms with Crippen LogP contribution in [0.3, 0.4) is 0 Å². The highest BCUT2D eigenvalue weighted by Crippen LogP contribution is 2.32. The van der Waals surface area contributed by atoms with E-state index >= 15 is 0 Å². The molecule has 0 bridgehead atoms. The Hall–Kier alpha value is -2.91. The van der Waals surface area contributed by atoms with Gasteiger partial charge in [-0.2, -0.15) is 0 Å². The number of halogens is 1. The summed E-state index contributed by atoms with van der Waals surface area (Å²) in [5.74, 6) is -0.797. The van der Waals surface area contributed by atoms with Crippen LogP contribution < -0.4 is 5.32 Å². The van der Waals surface area contributed by atoms with E-state index in [-0.39, 0.29) is 11.6 Å². The lowest BCUT2D eigenvalue weighted by molar-refractivity contribution is 0.0992. The lowest BCUT2D eigenvalue weighted by atomic mass is 9.94. The van der Waals surface area contributed by atoms with Crippen LogP contribution in [0.5, 0.6) is 0 Å². The van der Waals surface area contributed by atoms with E-state index in [1.54, 1.807) is 49.4 Å². The average Bonchev–Trinajstić information content (AvgIpc) is 3.08. The second-order valence-electron chi connectivity index (χ2n) is 6.96. The molecular weight excluding hydrogens is 416 g/mol. The van der Waals surface area contributed by atoms with E-state index in [9.17, 15) is 13.2 Å². The van der Waals surface area contributed by atoms with E-state index in [1.807, 2.05) is 0 Å². The van der Waals surface area contributed by atoms with Gasteiger partial charge in [0.1, 0.15) is 11.1 Å². The quantitative estimate of drug-likeness (QED) is 0.683. The maximum absolute atomic E-state index is 12.5. The second kappa shape index (κ2) is 6.85. The van der Waals surface area contributed by atoms with Crippen molar-refractivity contribution < 1.29 is 17.6 Å². The first-order valence-electron chi connectivity index (χ1n) is 8.65. The second-order valence-corrected chi connectivity index (χ2v) is 9.42. The number of sulfonamides is 1. The Labute approximate surface area is 172 Å². The third-order valence-electron chi connectivity index (χ3n) is 4.69. The number of aromatic nitrogens is 1. The van der Waals surface area contributed by atoms with Crippen LogP contribution in [0.25, 0.3) is 11.1 Å². The maximum atomic E-state index is 12.5. The van der Waals surface area contributed by atoms with Crippen molar-refractivity contribution in [3.05, 3.63) is 58.9 Å². The molecule has 0 aliphatic carbocycles. The number of rotatable bonds is 3. The fourth-order valence-corrected chi connectivity index (χ4v) is 4.55. The Morgan fingerprint density at radius 1 is 1.28 bits per heavy atom. The first-order chi connectivity index (χ1) is 13.7. The van der Waals surface area contributed by atoms with Crippen LogP contribution in [0.15, 0.2) is 51.9 Å². The van der Waals surface area contributed by atoms with Crippen LogP contribution in [-0.2, 0) is 15.6 Å². The number of hydrogen-bond acceptors (Lipinski definition) is 6. The van der Waals surface area contributed by atoms with Crippen molar-refractivity contribution >= 4 is 50.7 Å². The summed E-state index contributed by atoms with van der Waals surface area (Å²) in [6, 6.07) is 11.8. The number of nitrogens with zero attached hydrogens (tertiary/aromatic N) is 3. The van der Waals surface area contributed by atoms with E-state index in [4.69, 9.17) is 16.0 Å². The van der Waals surface area contributed by atoms with E-state index in [0.717, 1.165) is 4.31 Å². The summed E-state index contributed by atoms with van der Waals surface area (Å²) < 4.78 is 31.1. The average molecular weight is 433 g/mol. The number of oxazole rings is 1. The summed E-state index contributed by atoms with van der Waals surface area (Å²) in [7, 11) is -2.01. The molecule has 10 heteroatoms. The van der Waals surface area contributed by atoms with Gasteiger partial charge in [-0.05, 0) is 36.8 Å². The summed E-state index contributed by atoms with van der Waals surface area (Å²) >= 11 is 5.93. The van der Waals surface area contributed by atoms with E-state index in [1.165, 1.54) is 13.4 Å². The monoisotopic (exact) mass is 432 g/mol. The summed E-state index contributed by atoms with van der Waals surface area (Å²) in [4.78, 5) is 21.1. The van der Waals surface area contributed by atoms with Crippen LogP contribution in [0.1, 0.15) is 23.2 Å². The van der Waals surface area contributed by atoms with Crippen LogP contribution in [-0.4, -0.2) is 42.8 Å². The first-order valence-corrected chi connectivity index (χ1v) is 10.6. The fraction of sp³-hybridized carbons (Fsp3) is 0.211. The van der Waals surface area contributed by atoms with Gasteiger partial charge in [0.2, 0.25) is 10.0 Å². The molecule has 8 nitrogen and oxygen atoms in total. The Morgan fingerprint density at radius 2 is 2.07 bits per heavy atom. The zero-order valence-electron chi connectivity index (χ0n) is 15.6. The minimum Gasteiger partial charge on any atom is -0.432 e. The van der Waals surface area contributed by atoms with Crippen molar-refractivity contribution in [1.82, 2.24) is 9.29 Å². The van der Waals surface area contributed by atoms with Gasteiger partial charge in [-0.3, -0.25) is 14.1 Å². The molecule has 0 fully saturated rings. The molecule has 1 atom stereocenters. The first kappa shape index (κ1) is 19.4. The fourth-order valence-electron chi connectivity index (χ4n) is 3.04. The van der Waals surface area contributed by atoms with Crippen LogP contribution in [0.2, 0.25) is 5.02 Å². The minimum absolute atomic E-state index is 0.0984. The SMILES string of the molecule is CN1C=NC(C)(c2cccc(NC(=O)c3nc4ccc(Cl)cc4o3)c2)CS1(=O)=O. The van der Waals surface area contributed by atoms with Gasteiger partial charge in [-0.25, -0.2) is 13.4 Å². The summed E-state index contributed by atoms with van der Waals surface area (Å²) in [6.07, 6.45) is 1.30. The van der Waals surface area contributed by atoms with Crippen molar-refractivity contribution in [1.29, 1.82) is 0 Å². The molecule has 1 aromatic heterocycles. The van der Waals surface area contributed by atoms with Gasteiger partial charge in [-0.1, -0.05) is 23.7 Å². The number of benzene rings is 2. The lowest BCUT2D eigenvalue weighted by Gasteiger charge is -2.32. The number of hydrogen-bond donors (Lipinski definition) is 1. The molecule has 0 spiro atoms. The number of nitrogens with one attached hydrogen (secondary N) is 1. The Bertz CT molecular complexity index is 1250. The highest BCUT2D eigenvalue weighted by atomic mass is 35.5. The molecule has 4 rings (SSSR count).